The number of aryl methyl sites for hydroxylation is 1. The molecule has 4 nitrogen and oxygen atoms in total. The van der Waals surface area contributed by atoms with Gasteiger partial charge in [-0.15, -0.1) is 0 Å². The van der Waals surface area contributed by atoms with Gasteiger partial charge in [0, 0.05) is 18.9 Å². The standard InChI is InChI=1S/C15H23N3O/c1-11-3-5-15(10-16,6-4-11)18-14(19)13-7-12(2)8-17-9-13/h7-9,11H,3-6,10,16H2,1-2H3,(H,18,19). The molecular formula is C15H23N3O. The average Bonchev–Trinajstić information content (AvgIpc) is 2.42. The van der Waals surface area contributed by atoms with E-state index < -0.39 is 0 Å². The van der Waals surface area contributed by atoms with Crippen LogP contribution < -0.4 is 11.1 Å². The summed E-state index contributed by atoms with van der Waals surface area (Å²) in [5.74, 6) is 0.674. The zero-order valence-electron chi connectivity index (χ0n) is 11.8. The molecule has 19 heavy (non-hydrogen) atoms. The minimum Gasteiger partial charge on any atom is -0.345 e. The highest BCUT2D eigenvalue weighted by molar-refractivity contribution is 5.94. The minimum atomic E-state index is -0.229. The second-order valence-corrected chi connectivity index (χ2v) is 5.87. The summed E-state index contributed by atoms with van der Waals surface area (Å²) in [6, 6.07) is 1.86. The van der Waals surface area contributed by atoms with Crippen LogP contribution in [0.5, 0.6) is 0 Å². The van der Waals surface area contributed by atoms with E-state index in [1.54, 1.807) is 12.4 Å². The highest BCUT2D eigenvalue weighted by Gasteiger charge is 2.34. The van der Waals surface area contributed by atoms with E-state index in [2.05, 4.69) is 17.2 Å². The van der Waals surface area contributed by atoms with Gasteiger partial charge in [0.25, 0.3) is 5.91 Å². The van der Waals surface area contributed by atoms with Crippen LogP contribution in [0, 0.1) is 12.8 Å². The number of nitrogens with two attached hydrogens (primary N) is 1. The van der Waals surface area contributed by atoms with Crippen molar-refractivity contribution >= 4 is 5.91 Å². The average molecular weight is 261 g/mol. The molecule has 2 rings (SSSR count). The number of nitrogens with one attached hydrogen (secondary N) is 1. The fourth-order valence-corrected chi connectivity index (χ4v) is 2.69. The van der Waals surface area contributed by atoms with Crippen molar-refractivity contribution in [2.75, 3.05) is 6.54 Å². The Bertz CT molecular complexity index is 450. The smallest absolute Gasteiger partial charge is 0.253 e. The van der Waals surface area contributed by atoms with E-state index >= 15 is 0 Å². The van der Waals surface area contributed by atoms with Crippen LogP contribution in [0.2, 0.25) is 0 Å². The van der Waals surface area contributed by atoms with Crippen LogP contribution in [0.25, 0.3) is 0 Å². The summed E-state index contributed by atoms with van der Waals surface area (Å²) >= 11 is 0. The predicted octanol–water partition coefficient (Wildman–Crippen LogP) is 2.03. The third-order valence-electron chi connectivity index (χ3n) is 4.14. The van der Waals surface area contributed by atoms with Gasteiger partial charge in [0.15, 0.2) is 0 Å². The Kier molecular flexibility index (Phi) is 4.20. The van der Waals surface area contributed by atoms with Crippen LogP contribution in [-0.2, 0) is 0 Å². The number of pyridine rings is 1. The minimum absolute atomic E-state index is 0.0591. The molecular weight excluding hydrogens is 238 g/mol. The molecule has 3 N–H and O–H groups in total. The molecule has 0 radical (unpaired) electrons. The van der Waals surface area contributed by atoms with Gasteiger partial charge in [-0.2, -0.15) is 0 Å². The van der Waals surface area contributed by atoms with Gasteiger partial charge in [0.2, 0.25) is 0 Å². The molecule has 1 aliphatic rings. The monoisotopic (exact) mass is 261 g/mol. The summed E-state index contributed by atoms with van der Waals surface area (Å²) in [5.41, 5.74) is 7.29. The summed E-state index contributed by atoms with van der Waals surface area (Å²) in [4.78, 5) is 16.4. The van der Waals surface area contributed by atoms with Crippen LogP contribution in [-0.4, -0.2) is 23.0 Å². The molecule has 1 amide bonds. The van der Waals surface area contributed by atoms with Gasteiger partial charge < -0.3 is 11.1 Å². The van der Waals surface area contributed by atoms with Gasteiger partial charge in [-0.1, -0.05) is 6.92 Å². The Balaban J connectivity index is 2.08. The first kappa shape index (κ1) is 14.0. The van der Waals surface area contributed by atoms with Gasteiger partial charge in [-0.05, 0) is 50.2 Å². The van der Waals surface area contributed by atoms with E-state index in [0.717, 1.165) is 37.2 Å². The maximum absolute atomic E-state index is 12.3. The molecule has 0 unspecified atom stereocenters. The number of aromatic nitrogens is 1. The SMILES string of the molecule is Cc1cncc(C(=O)NC2(CN)CCC(C)CC2)c1. The van der Waals surface area contributed by atoms with Crippen LogP contribution in [0.4, 0.5) is 0 Å². The molecule has 1 aromatic heterocycles. The Morgan fingerprint density at radius 3 is 2.74 bits per heavy atom. The number of carbonyl (C=O) groups is 1. The van der Waals surface area contributed by atoms with Crippen LogP contribution in [0.3, 0.4) is 0 Å². The third kappa shape index (κ3) is 3.32. The molecule has 1 saturated carbocycles. The molecule has 4 heteroatoms. The maximum Gasteiger partial charge on any atom is 0.253 e. The molecule has 1 aliphatic carbocycles. The third-order valence-corrected chi connectivity index (χ3v) is 4.14. The van der Waals surface area contributed by atoms with Crippen molar-refractivity contribution in [3.8, 4) is 0 Å². The van der Waals surface area contributed by atoms with Crippen molar-refractivity contribution < 1.29 is 4.79 Å². The van der Waals surface area contributed by atoms with Crippen LogP contribution in [0.15, 0.2) is 18.5 Å². The Hall–Kier alpha value is -1.42. The predicted molar refractivity (Wildman–Crippen MR) is 75.9 cm³/mol. The summed E-state index contributed by atoms with van der Waals surface area (Å²) < 4.78 is 0. The van der Waals surface area contributed by atoms with Gasteiger partial charge in [0.1, 0.15) is 0 Å². The highest BCUT2D eigenvalue weighted by atomic mass is 16.1. The number of hydrogen-bond acceptors (Lipinski definition) is 3. The summed E-state index contributed by atoms with van der Waals surface area (Å²) in [6.45, 7) is 4.70. The summed E-state index contributed by atoms with van der Waals surface area (Å²) in [6.07, 6.45) is 7.55. The Morgan fingerprint density at radius 1 is 1.47 bits per heavy atom. The largest absolute Gasteiger partial charge is 0.345 e. The van der Waals surface area contributed by atoms with Gasteiger partial charge in [0.05, 0.1) is 11.1 Å². The molecule has 1 aromatic rings. The van der Waals surface area contributed by atoms with Crippen molar-refractivity contribution in [1.82, 2.24) is 10.3 Å². The molecule has 1 fully saturated rings. The van der Waals surface area contributed by atoms with Gasteiger partial charge in [-0.25, -0.2) is 0 Å². The molecule has 104 valence electrons. The van der Waals surface area contributed by atoms with E-state index in [1.807, 2.05) is 13.0 Å². The second kappa shape index (κ2) is 5.70. The number of carbonyl (C=O) groups excluding carboxylic acids is 1. The van der Waals surface area contributed by atoms with E-state index in [4.69, 9.17) is 5.73 Å². The second-order valence-electron chi connectivity index (χ2n) is 5.87. The molecule has 0 saturated heterocycles. The fraction of sp³-hybridized carbons (Fsp3) is 0.600. The maximum atomic E-state index is 12.3. The van der Waals surface area contributed by atoms with E-state index in [0.29, 0.717) is 12.1 Å². The van der Waals surface area contributed by atoms with Crippen molar-refractivity contribution in [1.29, 1.82) is 0 Å². The molecule has 0 atom stereocenters. The lowest BCUT2D eigenvalue weighted by molar-refractivity contribution is 0.0859. The lowest BCUT2D eigenvalue weighted by Gasteiger charge is -2.39. The molecule has 0 spiro atoms. The van der Waals surface area contributed by atoms with Crippen LogP contribution >= 0.6 is 0 Å². The summed E-state index contributed by atoms with van der Waals surface area (Å²) in [7, 11) is 0. The first-order chi connectivity index (χ1) is 9.04. The Labute approximate surface area is 114 Å². The first-order valence-electron chi connectivity index (χ1n) is 6.99. The topological polar surface area (TPSA) is 68.0 Å². The van der Waals surface area contributed by atoms with Crippen molar-refractivity contribution in [3.63, 3.8) is 0 Å². The zero-order chi connectivity index (χ0) is 13.9. The van der Waals surface area contributed by atoms with E-state index in [-0.39, 0.29) is 11.4 Å². The quantitative estimate of drug-likeness (QED) is 0.874. The number of amides is 1. The summed E-state index contributed by atoms with van der Waals surface area (Å²) in [5, 5.41) is 3.14. The van der Waals surface area contributed by atoms with E-state index in [1.165, 1.54) is 0 Å². The van der Waals surface area contributed by atoms with Crippen molar-refractivity contribution in [2.45, 2.75) is 45.1 Å². The van der Waals surface area contributed by atoms with Gasteiger partial charge in [-0.3, -0.25) is 9.78 Å². The molecule has 0 aromatic carbocycles. The van der Waals surface area contributed by atoms with Crippen LogP contribution in [0.1, 0.15) is 48.5 Å². The number of nitrogens with zero attached hydrogens (tertiary/aromatic N) is 1. The number of hydrogen-bond donors (Lipinski definition) is 2. The number of rotatable bonds is 3. The Morgan fingerprint density at radius 2 is 2.16 bits per heavy atom. The lowest BCUT2D eigenvalue weighted by Crippen LogP contribution is -2.55. The fourth-order valence-electron chi connectivity index (χ4n) is 2.69. The highest BCUT2D eigenvalue weighted by Crippen LogP contribution is 2.31. The first-order valence-corrected chi connectivity index (χ1v) is 6.99. The van der Waals surface area contributed by atoms with Gasteiger partial charge >= 0.3 is 0 Å². The molecule has 1 heterocycles. The zero-order valence-corrected chi connectivity index (χ0v) is 11.8. The molecule has 0 aliphatic heterocycles. The van der Waals surface area contributed by atoms with Crippen molar-refractivity contribution in [2.24, 2.45) is 11.7 Å². The lowest BCUT2D eigenvalue weighted by atomic mass is 9.77. The van der Waals surface area contributed by atoms with E-state index in [9.17, 15) is 4.79 Å². The molecule has 0 bridgehead atoms. The van der Waals surface area contributed by atoms with Crippen molar-refractivity contribution in [3.05, 3.63) is 29.6 Å². The normalized spacial score (nSPS) is 27.0.